The fraction of sp³-hybridized carbons (Fsp3) is 0.889. The minimum absolute atomic E-state index is 0.0683. The van der Waals surface area contributed by atoms with E-state index in [1.807, 2.05) is 13.8 Å². The fourth-order valence-corrected chi connectivity index (χ4v) is 1.55. The maximum absolute atomic E-state index is 11.3. The molecule has 1 aliphatic rings. The van der Waals surface area contributed by atoms with Crippen molar-refractivity contribution in [3.63, 3.8) is 0 Å². The summed E-state index contributed by atoms with van der Waals surface area (Å²) in [7, 11) is 0. The van der Waals surface area contributed by atoms with E-state index in [9.17, 15) is 9.90 Å². The van der Waals surface area contributed by atoms with Crippen molar-refractivity contribution >= 4 is 5.91 Å². The Bertz CT molecular complexity index is 186. The van der Waals surface area contributed by atoms with Crippen LogP contribution in [0.25, 0.3) is 0 Å². The first kappa shape index (κ1) is 10.5. The molecule has 0 radical (unpaired) electrons. The fourth-order valence-electron chi connectivity index (χ4n) is 1.55. The third kappa shape index (κ3) is 3.32. The molecular formula is C9H18N2O2. The summed E-state index contributed by atoms with van der Waals surface area (Å²) in [5.74, 6) is -0.0683. The van der Waals surface area contributed by atoms with Crippen molar-refractivity contribution in [3.8, 4) is 0 Å². The first-order chi connectivity index (χ1) is 6.02. The molecule has 3 N–H and O–H groups in total. The summed E-state index contributed by atoms with van der Waals surface area (Å²) in [5.41, 5.74) is -0.820. The minimum atomic E-state index is -0.820. The van der Waals surface area contributed by atoms with E-state index in [0.717, 1.165) is 6.54 Å². The molecule has 4 heteroatoms. The maximum Gasteiger partial charge on any atom is 0.223 e. The number of aliphatic hydroxyl groups is 1. The van der Waals surface area contributed by atoms with E-state index in [0.29, 0.717) is 13.0 Å². The average Bonchev–Trinajstić information content (AvgIpc) is 2.33. The SMILES string of the molecule is CC(C)NC(=O)CC1(O)CCNC1. The molecule has 1 unspecified atom stereocenters. The van der Waals surface area contributed by atoms with Gasteiger partial charge < -0.3 is 15.7 Å². The van der Waals surface area contributed by atoms with Crippen LogP contribution >= 0.6 is 0 Å². The second kappa shape index (κ2) is 4.07. The largest absolute Gasteiger partial charge is 0.388 e. The Balaban J connectivity index is 2.34. The molecule has 0 aromatic carbocycles. The summed E-state index contributed by atoms with van der Waals surface area (Å²) in [6, 6.07) is 0.144. The molecule has 4 nitrogen and oxygen atoms in total. The van der Waals surface area contributed by atoms with E-state index >= 15 is 0 Å². The summed E-state index contributed by atoms with van der Waals surface area (Å²) in [5, 5.41) is 15.7. The topological polar surface area (TPSA) is 61.4 Å². The van der Waals surface area contributed by atoms with Gasteiger partial charge in [0.2, 0.25) is 5.91 Å². The Labute approximate surface area is 78.7 Å². The molecule has 1 rings (SSSR count). The molecule has 1 fully saturated rings. The van der Waals surface area contributed by atoms with E-state index in [1.165, 1.54) is 0 Å². The van der Waals surface area contributed by atoms with Gasteiger partial charge in [0.25, 0.3) is 0 Å². The van der Waals surface area contributed by atoms with E-state index in [-0.39, 0.29) is 18.4 Å². The van der Waals surface area contributed by atoms with E-state index < -0.39 is 5.60 Å². The van der Waals surface area contributed by atoms with Gasteiger partial charge in [-0.1, -0.05) is 0 Å². The predicted molar refractivity (Wildman–Crippen MR) is 50.3 cm³/mol. The molecule has 0 spiro atoms. The van der Waals surface area contributed by atoms with Crippen molar-refractivity contribution < 1.29 is 9.90 Å². The van der Waals surface area contributed by atoms with Crippen molar-refractivity contribution in [2.75, 3.05) is 13.1 Å². The molecule has 1 aliphatic heterocycles. The van der Waals surface area contributed by atoms with Gasteiger partial charge in [0.15, 0.2) is 0 Å². The van der Waals surface area contributed by atoms with E-state index in [2.05, 4.69) is 10.6 Å². The van der Waals surface area contributed by atoms with Gasteiger partial charge in [-0.2, -0.15) is 0 Å². The highest BCUT2D eigenvalue weighted by atomic mass is 16.3. The van der Waals surface area contributed by atoms with Gasteiger partial charge in [-0.3, -0.25) is 4.79 Å². The zero-order valence-corrected chi connectivity index (χ0v) is 8.26. The molecule has 1 heterocycles. The number of carbonyl (C=O) groups excluding carboxylic acids is 1. The smallest absolute Gasteiger partial charge is 0.223 e. The van der Waals surface area contributed by atoms with Crippen LogP contribution < -0.4 is 10.6 Å². The van der Waals surface area contributed by atoms with Crippen LogP contribution in [0.1, 0.15) is 26.7 Å². The van der Waals surface area contributed by atoms with Gasteiger partial charge in [0, 0.05) is 12.6 Å². The zero-order chi connectivity index (χ0) is 9.90. The van der Waals surface area contributed by atoms with Crippen LogP contribution in [-0.4, -0.2) is 35.7 Å². The van der Waals surface area contributed by atoms with Crippen LogP contribution in [0.5, 0.6) is 0 Å². The maximum atomic E-state index is 11.3. The number of nitrogens with one attached hydrogen (secondary N) is 2. The van der Waals surface area contributed by atoms with Crippen LogP contribution in [0.3, 0.4) is 0 Å². The van der Waals surface area contributed by atoms with Gasteiger partial charge in [0.1, 0.15) is 0 Å². The van der Waals surface area contributed by atoms with Gasteiger partial charge >= 0.3 is 0 Å². The van der Waals surface area contributed by atoms with Crippen molar-refractivity contribution in [1.29, 1.82) is 0 Å². The third-order valence-electron chi connectivity index (χ3n) is 2.16. The minimum Gasteiger partial charge on any atom is -0.388 e. The van der Waals surface area contributed by atoms with Gasteiger partial charge in [-0.15, -0.1) is 0 Å². The average molecular weight is 186 g/mol. The standard InChI is InChI=1S/C9H18N2O2/c1-7(2)11-8(12)5-9(13)3-4-10-6-9/h7,10,13H,3-6H2,1-2H3,(H,11,12). The normalized spacial score (nSPS) is 28.0. The Kier molecular flexibility index (Phi) is 3.27. The molecule has 1 atom stereocenters. The molecular weight excluding hydrogens is 168 g/mol. The Morgan fingerprint density at radius 1 is 1.69 bits per heavy atom. The monoisotopic (exact) mass is 186 g/mol. The highest BCUT2D eigenvalue weighted by Gasteiger charge is 2.33. The van der Waals surface area contributed by atoms with Crippen LogP contribution in [-0.2, 0) is 4.79 Å². The Morgan fingerprint density at radius 3 is 2.85 bits per heavy atom. The molecule has 0 aromatic rings. The van der Waals surface area contributed by atoms with Gasteiger partial charge in [-0.25, -0.2) is 0 Å². The zero-order valence-electron chi connectivity index (χ0n) is 8.26. The lowest BCUT2D eigenvalue weighted by Crippen LogP contribution is -2.40. The lowest BCUT2D eigenvalue weighted by Gasteiger charge is -2.21. The Morgan fingerprint density at radius 2 is 2.38 bits per heavy atom. The van der Waals surface area contributed by atoms with Crippen molar-refractivity contribution in [2.45, 2.75) is 38.3 Å². The first-order valence-corrected chi connectivity index (χ1v) is 4.74. The van der Waals surface area contributed by atoms with E-state index in [4.69, 9.17) is 0 Å². The summed E-state index contributed by atoms with van der Waals surface area (Å²) in [6.45, 7) is 5.15. The summed E-state index contributed by atoms with van der Waals surface area (Å²) >= 11 is 0. The van der Waals surface area contributed by atoms with Gasteiger partial charge in [0.05, 0.1) is 12.0 Å². The van der Waals surface area contributed by atoms with E-state index in [1.54, 1.807) is 0 Å². The molecule has 0 bridgehead atoms. The third-order valence-corrected chi connectivity index (χ3v) is 2.16. The molecule has 1 amide bonds. The summed E-state index contributed by atoms with van der Waals surface area (Å²) in [4.78, 5) is 11.3. The van der Waals surface area contributed by atoms with Crippen LogP contribution in [0, 0.1) is 0 Å². The van der Waals surface area contributed by atoms with Gasteiger partial charge in [-0.05, 0) is 26.8 Å². The van der Waals surface area contributed by atoms with Crippen molar-refractivity contribution in [1.82, 2.24) is 10.6 Å². The summed E-state index contributed by atoms with van der Waals surface area (Å²) < 4.78 is 0. The predicted octanol–water partition coefficient (Wildman–Crippen LogP) is -0.374. The quantitative estimate of drug-likeness (QED) is 0.563. The second-order valence-electron chi connectivity index (χ2n) is 4.05. The number of hydrogen-bond acceptors (Lipinski definition) is 3. The van der Waals surface area contributed by atoms with Crippen LogP contribution in [0.4, 0.5) is 0 Å². The molecule has 76 valence electrons. The molecule has 0 saturated carbocycles. The highest BCUT2D eigenvalue weighted by Crippen LogP contribution is 2.18. The highest BCUT2D eigenvalue weighted by molar-refractivity contribution is 5.77. The van der Waals surface area contributed by atoms with Crippen molar-refractivity contribution in [2.24, 2.45) is 0 Å². The number of hydrogen-bond donors (Lipinski definition) is 3. The number of carbonyl (C=O) groups is 1. The Hall–Kier alpha value is -0.610. The molecule has 1 saturated heterocycles. The number of rotatable bonds is 3. The first-order valence-electron chi connectivity index (χ1n) is 4.74. The molecule has 0 aliphatic carbocycles. The molecule has 0 aromatic heterocycles. The lowest BCUT2D eigenvalue weighted by atomic mass is 9.98. The van der Waals surface area contributed by atoms with Crippen LogP contribution in [0.2, 0.25) is 0 Å². The number of amides is 1. The lowest BCUT2D eigenvalue weighted by molar-refractivity contribution is -0.125. The molecule has 13 heavy (non-hydrogen) atoms. The van der Waals surface area contributed by atoms with Crippen LogP contribution in [0.15, 0.2) is 0 Å². The summed E-state index contributed by atoms with van der Waals surface area (Å²) in [6.07, 6.45) is 0.872. The number of β-amino-alcohol motifs (C(OH)–C–C–N with tert-alkyl or cyclic N) is 1. The second-order valence-corrected chi connectivity index (χ2v) is 4.05. The van der Waals surface area contributed by atoms with Crippen molar-refractivity contribution in [3.05, 3.63) is 0 Å².